The molecule has 0 bridgehead atoms. The minimum Gasteiger partial charge on any atom is -0.309 e. The molecule has 0 N–H and O–H groups in total. The van der Waals surface area contributed by atoms with Gasteiger partial charge in [0.15, 0.2) is 0 Å². The molecule has 0 spiro atoms. The van der Waals surface area contributed by atoms with E-state index in [1.807, 2.05) is 22.7 Å². The Morgan fingerprint density at radius 3 is 1.37 bits per heavy atom. The van der Waals surface area contributed by atoms with E-state index in [0.29, 0.717) is 0 Å². The van der Waals surface area contributed by atoms with Crippen LogP contribution in [0, 0.1) is 0 Å². The summed E-state index contributed by atoms with van der Waals surface area (Å²) in [6.45, 7) is 0. The number of thiophene rings is 2. The van der Waals surface area contributed by atoms with Gasteiger partial charge in [-0.25, -0.2) is 0 Å². The summed E-state index contributed by atoms with van der Waals surface area (Å²) in [4.78, 5) is 0. The topological polar surface area (TPSA) is 4.93 Å². The van der Waals surface area contributed by atoms with Gasteiger partial charge < -0.3 is 4.57 Å². The van der Waals surface area contributed by atoms with Gasteiger partial charge in [0.05, 0.1) is 11.0 Å². The molecule has 1 nitrogen and oxygen atoms in total. The molecular weight excluding hydrogens is 655 g/mol. The Morgan fingerprint density at radius 2 is 0.725 bits per heavy atom. The van der Waals surface area contributed by atoms with Crippen molar-refractivity contribution in [3.8, 4) is 39.1 Å². The molecule has 3 heterocycles. The molecule has 0 atom stereocenters. The van der Waals surface area contributed by atoms with Crippen LogP contribution < -0.4 is 0 Å². The van der Waals surface area contributed by atoms with E-state index in [2.05, 4.69) is 180 Å². The van der Waals surface area contributed by atoms with E-state index < -0.39 is 0 Å². The van der Waals surface area contributed by atoms with E-state index in [-0.39, 0.29) is 0 Å². The van der Waals surface area contributed by atoms with Crippen molar-refractivity contribution in [1.82, 2.24) is 4.57 Å². The van der Waals surface area contributed by atoms with E-state index in [1.54, 1.807) is 0 Å². The molecular formula is C48H29NS2. The Bertz CT molecular complexity index is 3140. The molecule has 0 saturated carbocycles. The number of hydrogen-bond donors (Lipinski definition) is 0. The first-order valence-corrected chi connectivity index (χ1v) is 19.0. The van der Waals surface area contributed by atoms with Crippen LogP contribution in [0.2, 0.25) is 0 Å². The van der Waals surface area contributed by atoms with Gasteiger partial charge in [-0.3, -0.25) is 0 Å². The van der Waals surface area contributed by atoms with Crippen molar-refractivity contribution in [3.63, 3.8) is 0 Å². The molecule has 238 valence electrons. The van der Waals surface area contributed by atoms with Crippen molar-refractivity contribution < 1.29 is 0 Å². The molecule has 0 saturated heterocycles. The van der Waals surface area contributed by atoms with Gasteiger partial charge in [0.1, 0.15) is 0 Å². The summed E-state index contributed by atoms with van der Waals surface area (Å²) in [7, 11) is 0. The van der Waals surface area contributed by atoms with Crippen LogP contribution in [-0.4, -0.2) is 4.57 Å². The lowest BCUT2D eigenvalue weighted by Gasteiger charge is -2.08. The highest BCUT2D eigenvalue weighted by Crippen LogP contribution is 2.41. The summed E-state index contributed by atoms with van der Waals surface area (Å²) < 4.78 is 7.69. The third kappa shape index (κ3) is 4.59. The smallest absolute Gasteiger partial charge is 0.0541 e. The maximum absolute atomic E-state index is 2.40. The molecule has 8 aromatic carbocycles. The molecule has 0 unspecified atom stereocenters. The largest absolute Gasteiger partial charge is 0.309 e. The van der Waals surface area contributed by atoms with E-state index in [0.717, 1.165) is 0 Å². The minimum absolute atomic E-state index is 1.18. The molecule has 3 aromatic heterocycles. The van der Waals surface area contributed by atoms with Crippen LogP contribution in [0.15, 0.2) is 176 Å². The standard InChI is InChI=1S/C48H29NS2/c1-2-11-36(12-3-1)49-43-15-6-4-13-37(43)39-26-32(17-21-44(39)49)35-20-24-48-42(29-35)41-28-34(19-23-47(41)51-48)31-10-8-9-30(25-31)33-18-22-46-40(27-33)38-14-5-7-16-45(38)50-46/h1-29H. The zero-order valence-electron chi connectivity index (χ0n) is 27.5. The number of rotatable bonds is 4. The van der Waals surface area contributed by atoms with E-state index >= 15 is 0 Å². The quantitative estimate of drug-likeness (QED) is 0.174. The monoisotopic (exact) mass is 683 g/mol. The fourth-order valence-corrected chi connectivity index (χ4v) is 10.1. The van der Waals surface area contributed by atoms with Crippen LogP contribution in [0.25, 0.3) is 101 Å². The average molecular weight is 684 g/mol. The predicted molar refractivity (Wildman–Crippen MR) is 223 cm³/mol. The Morgan fingerprint density at radius 1 is 0.275 bits per heavy atom. The fourth-order valence-electron chi connectivity index (χ4n) is 7.93. The second-order valence-corrected chi connectivity index (χ2v) is 15.5. The number of aromatic nitrogens is 1. The van der Waals surface area contributed by atoms with Gasteiger partial charge in [-0.1, -0.05) is 97.1 Å². The first-order valence-electron chi connectivity index (χ1n) is 17.3. The number of nitrogens with zero attached hydrogens (tertiary/aromatic N) is 1. The summed E-state index contributed by atoms with van der Waals surface area (Å²) in [6.07, 6.45) is 0. The van der Waals surface area contributed by atoms with Crippen LogP contribution in [0.5, 0.6) is 0 Å². The summed E-state index contributed by atoms with van der Waals surface area (Å²) in [5.41, 5.74) is 11.1. The van der Waals surface area contributed by atoms with Gasteiger partial charge in [0.2, 0.25) is 0 Å². The van der Waals surface area contributed by atoms with Crippen molar-refractivity contribution in [2.24, 2.45) is 0 Å². The van der Waals surface area contributed by atoms with Crippen LogP contribution in [0.1, 0.15) is 0 Å². The maximum atomic E-state index is 2.40. The Balaban J connectivity index is 1.00. The molecule has 11 rings (SSSR count). The third-order valence-corrected chi connectivity index (χ3v) is 12.7. The maximum Gasteiger partial charge on any atom is 0.0541 e. The summed E-state index contributed by atoms with van der Waals surface area (Å²) in [5.74, 6) is 0. The zero-order valence-corrected chi connectivity index (χ0v) is 29.1. The average Bonchev–Trinajstić information content (AvgIpc) is 3.86. The summed E-state index contributed by atoms with van der Waals surface area (Å²) in [6, 6.07) is 65.0. The van der Waals surface area contributed by atoms with Gasteiger partial charge in [-0.2, -0.15) is 0 Å². The Kier molecular flexibility index (Phi) is 6.36. The van der Waals surface area contributed by atoms with Crippen LogP contribution >= 0.6 is 22.7 Å². The summed E-state index contributed by atoms with van der Waals surface area (Å²) in [5, 5.41) is 7.84. The second-order valence-electron chi connectivity index (χ2n) is 13.3. The van der Waals surface area contributed by atoms with Crippen molar-refractivity contribution in [3.05, 3.63) is 176 Å². The first-order chi connectivity index (χ1) is 25.2. The molecule has 0 amide bonds. The van der Waals surface area contributed by atoms with Crippen molar-refractivity contribution >= 4 is 84.8 Å². The highest BCUT2D eigenvalue weighted by Gasteiger charge is 2.15. The van der Waals surface area contributed by atoms with Crippen molar-refractivity contribution in [2.45, 2.75) is 0 Å². The number of hydrogen-bond acceptors (Lipinski definition) is 2. The summed E-state index contributed by atoms with van der Waals surface area (Å²) >= 11 is 3.74. The first kappa shape index (κ1) is 28.8. The van der Waals surface area contributed by atoms with Crippen molar-refractivity contribution in [2.75, 3.05) is 0 Å². The highest BCUT2D eigenvalue weighted by atomic mass is 32.1. The minimum atomic E-state index is 1.18. The van der Waals surface area contributed by atoms with Crippen LogP contribution in [0.4, 0.5) is 0 Å². The lowest BCUT2D eigenvalue weighted by molar-refractivity contribution is 1.18. The number of fused-ring (bicyclic) bond motifs is 9. The number of para-hydroxylation sites is 2. The van der Waals surface area contributed by atoms with Crippen LogP contribution in [-0.2, 0) is 0 Å². The lowest BCUT2D eigenvalue weighted by atomic mass is 9.96. The second kappa shape index (κ2) is 11.3. The molecule has 51 heavy (non-hydrogen) atoms. The fraction of sp³-hybridized carbons (Fsp3) is 0. The van der Waals surface area contributed by atoms with E-state index in [4.69, 9.17) is 0 Å². The molecule has 11 aromatic rings. The molecule has 0 aliphatic rings. The Labute approximate surface area is 302 Å². The predicted octanol–water partition coefficient (Wildman–Crippen LogP) is 14.5. The zero-order chi connectivity index (χ0) is 33.5. The molecule has 0 aliphatic heterocycles. The van der Waals surface area contributed by atoms with Gasteiger partial charge in [-0.05, 0) is 112 Å². The number of benzene rings is 8. The highest BCUT2D eigenvalue weighted by molar-refractivity contribution is 7.26. The van der Waals surface area contributed by atoms with Gasteiger partial charge in [0, 0.05) is 56.8 Å². The van der Waals surface area contributed by atoms with E-state index in [1.165, 1.54) is 101 Å². The molecule has 3 heteroatoms. The normalized spacial score (nSPS) is 11.9. The SMILES string of the molecule is c1ccc(-n2c3ccccc3c3cc(-c4ccc5sc6ccc(-c7cccc(-c8ccc9sc%10ccccc%10c9c8)c7)cc6c5c4)ccc32)cc1. The third-order valence-electron chi connectivity index (χ3n) is 10.4. The Hall–Kier alpha value is -6.00. The van der Waals surface area contributed by atoms with Gasteiger partial charge in [-0.15, -0.1) is 22.7 Å². The van der Waals surface area contributed by atoms with E-state index in [9.17, 15) is 0 Å². The van der Waals surface area contributed by atoms with Gasteiger partial charge in [0.25, 0.3) is 0 Å². The van der Waals surface area contributed by atoms with Crippen LogP contribution in [0.3, 0.4) is 0 Å². The molecule has 0 aliphatic carbocycles. The van der Waals surface area contributed by atoms with Crippen molar-refractivity contribution in [1.29, 1.82) is 0 Å². The molecule has 0 fully saturated rings. The molecule has 0 radical (unpaired) electrons. The lowest BCUT2D eigenvalue weighted by Crippen LogP contribution is -1.92. The van der Waals surface area contributed by atoms with Gasteiger partial charge >= 0.3 is 0 Å².